The molecule has 3 rings (SSSR count). The van der Waals surface area contributed by atoms with E-state index in [2.05, 4.69) is 25.1 Å². The number of anilines is 2. The molecule has 0 saturated carbocycles. The van der Waals surface area contributed by atoms with Gasteiger partial charge in [0, 0.05) is 61.4 Å². The van der Waals surface area contributed by atoms with Gasteiger partial charge in [0.05, 0.1) is 0 Å². The molecule has 0 aliphatic carbocycles. The minimum atomic E-state index is -0.0387. The summed E-state index contributed by atoms with van der Waals surface area (Å²) in [5.74, 6) is 0.509. The average Bonchev–Trinajstić information content (AvgIpc) is 3.22. The summed E-state index contributed by atoms with van der Waals surface area (Å²) >= 11 is 7.48. The summed E-state index contributed by atoms with van der Waals surface area (Å²) in [5, 5.41) is 6.52. The highest BCUT2D eigenvalue weighted by Crippen LogP contribution is 2.18. The van der Waals surface area contributed by atoms with Gasteiger partial charge in [0.15, 0.2) is 11.1 Å². The fourth-order valence-corrected chi connectivity index (χ4v) is 3.61. The molecule has 1 aliphatic rings. The predicted octanol–water partition coefficient (Wildman–Crippen LogP) is 2.65. The zero-order valence-electron chi connectivity index (χ0n) is 15.0. The number of piperazine rings is 1. The summed E-state index contributed by atoms with van der Waals surface area (Å²) in [5.41, 5.74) is 6.84. The number of aliphatic imine (C=N–C) groups is 1. The van der Waals surface area contributed by atoms with E-state index in [1.807, 2.05) is 11.6 Å². The molecule has 1 saturated heterocycles. The van der Waals surface area contributed by atoms with Gasteiger partial charge in [-0.05, 0) is 30.7 Å². The van der Waals surface area contributed by atoms with Gasteiger partial charge in [-0.2, -0.15) is 0 Å². The van der Waals surface area contributed by atoms with Crippen molar-refractivity contribution in [2.75, 3.05) is 42.9 Å². The molecule has 0 atom stereocenters. The SMILES string of the molecule is NC(=NCCCC(=O)Nc1ccc(Cl)cc1)N1CCN(c2nccs2)CC1. The minimum absolute atomic E-state index is 0.0387. The van der Waals surface area contributed by atoms with Crippen LogP contribution in [0.4, 0.5) is 10.8 Å². The van der Waals surface area contributed by atoms with Crippen molar-refractivity contribution in [3.8, 4) is 0 Å². The van der Waals surface area contributed by atoms with Gasteiger partial charge in [-0.15, -0.1) is 11.3 Å². The maximum Gasteiger partial charge on any atom is 0.224 e. The number of nitrogens with two attached hydrogens (primary N) is 1. The lowest BCUT2D eigenvalue weighted by Gasteiger charge is -2.35. The van der Waals surface area contributed by atoms with Crippen molar-refractivity contribution in [1.82, 2.24) is 9.88 Å². The van der Waals surface area contributed by atoms with Crippen molar-refractivity contribution >= 4 is 45.6 Å². The summed E-state index contributed by atoms with van der Waals surface area (Å²) in [7, 11) is 0. The van der Waals surface area contributed by atoms with Crippen LogP contribution in [0.1, 0.15) is 12.8 Å². The zero-order valence-corrected chi connectivity index (χ0v) is 16.5. The summed E-state index contributed by atoms with van der Waals surface area (Å²) < 4.78 is 0. The summed E-state index contributed by atoms with van der Waals surface area (Å²) in [6.07, 6.45) is 2.88. The van der Waals surface area contributed by atoms with Gasteiger partial charge >= 0.3 is 0 Å². The van der Waals surface area contributed by atoms with E-state index in [1.54, 1.807) is 35.6 Å². The lowest BCUT2D eigenvalue weighted by Crippen LogP contribution is -2.51. The molecular formula is C18H23ClN6OS. The van der Waals surface area contributed by atoms with Crippen LogP contribution in [-0.4, -0.2) is 54.5 Å². The van der Waals surface area contributed by atoms with Crippen molar-refractivity contribution in [3.63, 3.8) is 0 Å². The largest absolute Gasteiger partial charge is 0.370 e. The second kappa shape index (κ2) is 9.57. The zero-order chi connectivity index (χ0) is 19.1. The number of thiazole rings is 1. The van der Waals surface area contributed by atoms with Gasteiger partial charge in [0.2, 0.25) is 5.91 Å². The molecule has 0 bridgehead atoms. The molecule has 1 aliphatic heterocycles. The van der Waals surface area contributed by atoms with Gasteiger partial charge in [-0.25, -0.2) is 4.98 Å². The second-order valence-corrected chi connectivity index (χ2v) is 7.50. The van der Waals surface area contributed by atoms with Crippen LogP contribution in [0.5, 0.6) is 0 Å². The van der Waals surface area contributed by atoms with Crippen molar-refractivity contribution in [2.24, 2.45) is 10.7 Å². The first-order valence-electron chi connectivity index (χ1n) is 8.86. The first-order valence-corrected chi connectivity index (χ1v) is 10.1. The molecule has 1 aromatic heterocycles. The molecule has 9 heteroatoms. The Labute approximate surface area is 167 Å². The molecule has 2 heterocycles. The molecule has 0 radical (unpaired) electrons. The van der Waals surface area contributed by atoms with E-state index in [0.29, 0.717) is 30.4 Å². The highest BCUT2D eigenvalue weighted by atomic mass is 35.5. The monoisotopic (exact) mass is 406 g/mol. The number of nitrogens with one attached hydrogen (secondary N) is 1. The molecule has 2 aromatic rings. The van der Waals surface area contributed by atoms with Gasteiger partial charge in [-0.1, -0.05) is 11.6 Å². The average molecular weight is 407 g/mol. The number of benzene rings is 1. The Balaban J connectivity index is 1.35. The predicted molar refractivity (Wildman–Crippen MR) is 112 cm³/mol. The Morgan fingerprint density at radius 2 is 2.00 bits per heavy atom. The number of carbonyl (C=O) groups excluding carboxylic acids is 1. The van der Waals surface area contributed by atoms with Crippen LogP contribution in [0.25, 0.3) is 0 Å². The fraction of sp³-hybridized carbons (Fsp3) is 0.389. The molecule has 0 spiro atoms. The van der Waals surface area contributed by atoms with Gasteiger partial charge < -0.3 is 20.9 Å². The summed E-state index contributed by atoms with van der Waals surface area (Å²) in [6.45, 7) is 3.95. The van der Waals surface area contributed by atoms with E-state index >= 15 is 0 Å². The number of amides is 1. The highest BCUT2D eigenvalue weighted by molar-refractivity contribution is 7.13. The highest BCUT2D eigenvalue weighted by Gasteiger charge is 2.19. The smallest absolute Gasteiger partial charge is 0.224 e. The normalized spacial score (nSPS) is 15.1. The number of hydrogen-bond donors (Lipinski definition) is 2. The fourth-order valence-electron chi connectivity index (χ4n) is 2.79. The molecule has 1 aromatic carbocycles. The van der Waals surface area contributed by atoms with Gasteiger partial charge in [-0.3, -0.25) is 9.79 Å². The van der Waals surface area contributed by atoms with Crippen molar-refractivity contribution in [3.05, 3.63) is 40.9 Å². The maximum absolute atomic E-state index is 11.9. The lowest BCUT2D eigenvalue weighted by atomic mass is 10.2. The molecule has 27 heavy (non-hydrogen) atoms. The molecule has 1 fully saturated rings. The van der Waals surface area contributed by atoms with Crippen LogP contribution in [0, 0.1) is 0 Å². The number of nitrogens with zero attached hydrogens (tertiary/aromatic N) is 4. The number of carbonyl (C=O) groups is 1. The molecule has 7 nitrogen and oxygen atoms in total. The minimum Gasteiger partial charge on any atom is -0.370 e. The summed E-state index contributed by atoms with van der Waals surface area (Å²) in [6, 6.07) is 7.05. The summed E-state index contributed by atoms with van der Waals surface area (Å²) in [4.78, 5) is 25.0. The van der Waals surface area contributed by atoms with Crippen molar-refractivity contribution in [1.29, 1.82) is 0 Å². The molecule has 1 amide bonds. The number of rotatable bonds is 6. The van der Waals surface area contributed by atoms with Crippen LogP contribution in [0.15, 0.2) is 40.8 Å². The van der Waals surface area contributed by atoms with Crippen molar-refractivity contribution in [2.45, 2.75) is 12.8 Å². The van der Waals surface area contributed by atoms with Gasteiger partial charge in [0.25, 0.3) is 0 Å². The Bertz CT molecular complexity index is 757. The Kier molecular flexibility index (Phi) is 6.89. The van der Waals surface area contributed by atoms with E-state index in [4.69, 9.17) is 17.3 Å². The third-order valence-corrected chi connectivity index (χ3v) is 5.34. The first kappa shape index (κ1) is 19.4. The third kappa shape index (κ3) is 5.83. The number of guanidine groups is 1. The van der Waals surface area contributed by atoms with E-state index in [-0.39, 0.29) is 5.91 Å². The topological polar surface area (TPSA) is 86.8 Å². The van der Waals surface area contributed by atoms with Crippen LogP contribution >= 0.6 is 22.9 Å². The second-order valence-electron chi connectivity index (χ2n) is 6.19. The van der Waals surface area contributed by atoms with E-state index in [9.17, 15) is 4.79 Å². The third-order valence-electron chi connectivity index (χ3n) is 4.26. The number of halogens is 1. The number of hydrogen-bond acceptors (Lipinski definition) is 5. The quantitative estimate of drug-likeness (QED) is 0.437. The van der Waals surface area contributed by atoms with Crippen molar-refractivity contribution < 1.29 is 4.79 Å². The molecular weight excluding hydrogens is 384 g/mol. The Morgan fingerprint density at radius 3 is 2.67 bits per heavy atom. The standard InChI is InChI=1S/C18H23ClN6OS/c19-14-3-5-15(6-4-14)23-16(26)2-1-7-21-17(20)24-9-11-25(12-10-24)18-22-8-13-27-18/h3-6,8,13H,1-2,7,9-12H2,(H2,20,21)(H,23,26). The number of aromatic nitrogens is 1. The molecule has 3 N–H and O–H groups in total. The lowest BCUT2D eigenvalue weighted by molar-refractivity contribution is -0.116. The van der Waals surface area contributed by atoms with E-state index in [1.165, 1.54) is 0 Å². The molecule has 0 unspecified atom stereocenters. The van der Waals surface area contributed by atoms with Crippen LogP contribution in [0.2, 0.25) is 5.02 Å². The van der Waals surface area contributed by atoms with Crippen LogP contribution in [0.3, 0.4) is 0 Å². The van der Waals surface area contributed by atoms with Gasteiger partial charge in [0.1, 0.15) is 0 Å². The van der Waals surface area contributed by atoms with Crippen LogP contribution < -0.4 is 16.0 Å². The van der Waals surface area contributed by atoms with Crippen LogP contribution in [-0.2, 0) is 4.79 Å². The Hall–Kier alpha value is -2.32. The maximum atomic E-state index is 11.9. The molecule has 144 valence electrons. The van der Waals surface area contributed by atoms with E-state index < -0.39 is 0 Å². The first-order chi connectivity index (χ1) is 13.1. The Morgan fingerprint density at radius 1 is 1.26 bits per heavy atom. The van der Waals surface area contributed by atoms with E-state index in [0.717, 1.165) is 37.0 Å².